The van der Waals surface area contributed by atoms with Crippen molar-refractivity contribution < 1.29 is 19.4 Å². The zero-order chi connectivity index (χ0) is 28.5. The molecule has 6 heteroatoms. The molecule has 0 spiro atoms. The van der Waals surface area contributed by atoms with Gasteiger partial charge >= 0.3 is 5.97 Å². The normalized spacial score (nSPS) is 12.0. The summed E-state index contributed by atoms with van der Waals surface area (Å²) in [6.45, 7) is 18.5. The van der Waals surface area contributed by atoms with E-state index in [4.69, 9.17) is 4.74 Å². The van der Waals surface area contributed by atoms with Gasteiger partial charge in [-0.2, -0.15) is 0 Å². The molecule has 0 saturated heterocycles. The summed E-state index contributed by atoms with van der Waals surface area (Å²) in [6.07, 6.45) is 5.41. The summed E-state index contributed by atoms with van der Waals surface area (Å²) in [5, 5.41) is 14.3. The molecular formula is C32H46N2O4. The number of anilines is 1. The number of hydrogen-bond acceptors (Lipinski definition) is 5. The van der Waals surface area contributed by atoms with E-state index in [-0.39, 0.29) is 22.7 Å². The number of phenols is 1. The zero-order valence-electron chi connectivity index (χ0n) is 24.5. The minimum absolute atomic E-state index is 0.0411. The highest BCUT2D eigenvalue weighted by Crippen LogP contribution is 2.40. The third-order valence-electron chi connectivity index (χ3n) is 6.37. The van der Waals surface area contributed by atoms with Crippen LogP contribution in [-0.4, -0.2) is 48.1 Å². The van der Waals surface area contributed by atoms with E-state index in [1.165, 1.54) is 0 Å². The second-order valence-corrected chi connectivity index (χ2v) is 11.7. The summed E-state index contributed by atoms with van der Waals surface area (Å²) < 4.78 is 5.03. The molecule has 6 nitrogen and oxygen atoms in total. The van der Waals surface area contributed by atoms with Crippen molar-refractivity contribution in [3.05, 3.63) is 64.7 Å². The number of esters is 1. The van der Waals surface area contributed by atoms with Crippen LogP contribution in [0.1, 0.15) is 95.3 Å². The first-order chi connectivity index (χ1) is 17.8. The van der Waals surface area contributed by atoms with Gasteiger partial charge in [-0.1, -0.05) is 54.9 Å². The van der Waals surface area contributed by atoms with E-state index >= 15 is 0 Å². The van der Waals surface area contributed by atoms with E-state index in [1.54, 1.807) is 25.1 Å². The Morgan fingerprint density at radius 2 is 1.53 bits per heavy atom. The number of nitrogens with zero attached hydrogens (tertiary/aromatic N) is 1. The van der Waals surface area contributed by atoms with Gasteiger partial charge in [0.15, 0.2) is 0 Å². The highest BCUT2D eigenvalue weighted by molar-refractivity contribution is 5.92. The monoisotopic (exact) mass is 522 g/mol. The van der Waals surface area contributed by atoms with Crippen molar-refractivity contribution in [2.24, 2.45) is 0 Å². The Kier molecular flexibility index (Phi) is 11.0. The Bertz CT molecular complexity index is 1070. The maximum atomic E-state index is 13.2. The Hall–Kier alpha value is -3.28. The Morgan fingerprint density at radius 1 is 0.947 bits per heavy atom. The minimum atomic E-state index is -0.333. The second-order valence-electron chi connectivity index (χ2n) is 11.7. The molecule has 0 radical (unpaired) electrons. The molecular weight excluding hydrogens is 476 g/mol. The summed E-state index contributed by atoms with van der Waals surface area (Å²) >= 11 is 0. The lowest BCUT2D eigenvalue weighted by atomic mass is 9.78. The fourth-order valence-corrected chi connectivity index (χ4v) is 4.12. The van der Waals surface area contributed by atoms with Gasteiger partial charge in [0.25, 0.3) is 0 Å². The molecule has 2 aromatic carbocycles. The molecule has 0 aliphatic rings. The van der Waals surface area contributed by atoms with Crippen molar-refractivity contribution in [1.82, 2.24) is 4.90 Å². The lowest BCUT2D eigenvalue weighted by Gasteiger charge is -2.28. The fraction of sp³-hybridized carbons (Fsp3) is 0.500. The predicted octanol–water partition coefficient (Wildman–Crippen LogP) is 6.92. The molecule has 0 unspecified atom stereocenters. The largest absolute Gasteiger partial charge is 0.507 e. The van der Waals surface area contributed by atoms with Gasteiger partial charge < -0.3 is 20.1 Å². The average molecular weight is 523 g/mol. The quantitative estimate of drug-likeness (QED) is 0.247. The van der Waals surface area contributed by atoms with E-state index in [2.05, 4.69) is 53.8 Å². The molecule has 0 heterocycles. The summed E-state index contributed by atoms with van der Waals surface area (Å²) in [5.74, 6) is -0.0416. The first-order valence-electron chi connectivity index (χ1n) is 13.6. The topological polar surface area (TPSA) is 78.9 Å². The van der Waals surface area contributed by atoms with E-state index in [0.717, 1.165) is 35.2 Å². The van der Waals surface area contributed by atoms with Crippen LogP contribution in [0.3, 0.4) is 0 Å². The SMILES string of the molecule is CCCCN(CCNc1ccc(C(=O)OCC)cc1)C(=O)/C=C/c1cc(C(C)(C)C)c(O)c(C(C)(C)C)c1. The number of unbranched alkanes of at least 4 members (excludes halogenated alkanes) is 1. The predicted molar refractivity (Wildman–Crippen MR) is 157 cm³/mol. The maximum absolute atomic E-state index is 13.2. The van der Waals surface area contributed by atoms with Crippen molar-refractivity contribution in [2.75, 3.05) is 31.6 Å². The maximum Gasteiger partial charge on any atom is 0.338 e. The first-order valence-corrected chi connectivity index (χ1v) is 13.6. The Morgan fingerprint density at radius 3 is 2.03 bits per heavy atom. The highest BCUT2D eigenvalue weighted by Gasteiger charge is 2.26. The number of phenolic OH excluding ortho intramolecular Hbond substituents is 1. The number of carbonyl (C=O) groups excluding carboxylic acids is 2. The van der Waals surface area contributed by atoms with Crippen LogP contribution in [0.15, 0.2) is 42.5 Å². The van der Waals surface area contributed by atoms with Crippen LogP contribution in [0.25, 0.3) is 6.08 Å². The minimum Gasteiger partial charge on any atom is -0.507 e. The first kappa shape index (κ1) is 30.9. The smallest absolute Gasteiger partial charge is 0.338 e. The highest BCUT2D eigenvalue weighted by atomic mass is 16.5. The van der Waals surface area contributed by atoms with E-state index in [0.29, 0.717) is 37.6 Å². The molecule has 2 N–H and O–H groups in total. The van der Waals surface area contributed by atoms with Crippen molar-refractivity contribution in [2.45, 2.75) is 79.1 Å². The lowest BCUT2D eigenvalue weighted by molar-refractivity contribution is -0.125. The van der Waals surface area contributed by atoms with E-state index < -0.39 is 0 Å². The van der Waals surface area contributed by atoms with E-state index in [9.17, 15) is 14.7 Å². The van der Waals surface area contributed by atoms with Crippen LogP contribution >= 0.6 is 0 Å². The average Bonchev–Trinajstić information content (AvgIpc) is 2.84. The standard InChI is InChI=1S/C32H46N2O4/c1-9-11-19-34(20-18-33-25-15-13-24(14-16-25)30(37)38-10-2)28(35)17-12-23-21-26(31(3,4)5)29(36)27(22-23)32(6,7)8/h12-17,21-22,33,36H,9-11,18-20H2,1-8H3/b17-12+. The molecule has 0 aliphatic heterocycles. The Labute approximate surface area is 229 Å². The van der Waals surface area contributed by atoms with Crippen molar-refractivity contribution in [3.63, 3.8) is 0 Å². The van der Waals surface area contributed by atoms with E-state index in [1.807, 2.05) is 35.2 Å². The number of nitrogens with one attached hydrogen (secondary N) is 1. The molecule has 2 rings (SSSR count). The molecule has 0 saturated carbocycles. The zero-order valence-corrected chi connectivity index (χ0v) is 24.5. The number of benzene rings is 2. The third-order valence-corrected chi connectivity index (χ3v) is 6.37. The molecule has 38 heavy (non-hydrogen) atoms. The van der Waals surface area contributed by atoms with Crippen LogP contribution < -0.4 is 5.32 Å². The van der Waals surface area contributed by atoms with Gasteiger partial charge in [-0.3, -0.25) is 4.79 Å². The Balaban J connectivity index is 2.15. The van der Waals surface area contributed by atoms with Gasteiger partial charge in [0.1, 0.15) is 5.75 Å². The van der Waals surface area contributed by atoms with Crippen molar-refractivity contribution in [1.29, 1.82) is 0 Å². The third kappa shape index (κ3) is 8.93. The van der Waals surface area contributed by atoms with Gasteiger partial charge in [-0.05, 0) is 72.2 Å². The molecule has 208 valence electrons. The van der Waals surface area contributed by atoms with Gasteiger partial charge in [0.05, 0.1) is 12.2 Å². The van der Waals surface area contributed by atoms with Crippen LogP contribution in [0, 0.1) is 0 Å². The molecule has 0 fully saturated rings. The van der Waals surface area contributed by atoms with Gasteiger partial charge in [-0.25, -0.2) is 4.79 Å². The molecule has 1 amide bonds. The van der Waals surface area contributed by atoms with Crippen molar-refractivity contribution >= 4 is 23.6 Å². The van der Waals surface area contributed by atoms with Gasteiger partial charge in [-0.15, -0.1) is 0 Å². The molecule has 2 aromatic rings. The number of rotatable bonds is 11. The summed E-state index contributed by atoms with van der Waals surface area (Å²) in [7, 11) is 0. The summed E-state index contributed by atoms with van der Waals surface area (Å²) in [6, 6.07) is 11.1. The number of carbonyl (C=O) groups is 2. The number of hydrogen-bond donors (Lipinski definition) is 2. The van der Waals surface area contributed by atoms with Crippen molar-refractivity contribution in [3.8, 4) is 5.75 Å². The van der Waals surface area contributed by atoms with Crippen LogP contribution in [0.5, 0.6) is 5.75 Å². The van der Waals surface area contributed by atoms with Gasteiger partial charge in [0.2, 0.25) is 5.91 Å². The molecule has 0 bridgehead atoms. The number of aromatic hydroxyl groups is 1. The van der Waals surface area contributed by atoms with Crippen LogP contribution in [0.2, 0.25) is 0 Å². The second kappa shape index (κ2) is 13.5. The summed E-state index contributed by atoms with van der Waals surface area (Å²) in [4.78, 5) is 26.9. The lowest BCUT2D eigenvalue weighted by Crippen LogP contribution is -2.34. The fourth-order valence-electron chi connectivity index (χ4n) is 4.12. The molecule has 0 aromatic heterocycles. The number of amides is 1. The van der Waals surface area contributed by atoms with Gasteiger partial charge in [0, 0.05) is 42.5 Å². The molecule has 0 atom stereocenters. The number of ether oxygens (including phenoxy) is 1. The van der Waals surface area contributed by atoms with Crippen LogP contribution in [-0.2, 0) is 20.4 Å². The van der Waals surface area contributed by atoms with Crippen LogP contribution in [0.4, 0.5) is 5.69 Å². The molecule has 0 aliphatic carbocycles. The summed E-state index contributed by atoms with van der Waals surface area (Å²) in [5.41, 5.74) is 3.58.